The number of anilines is 1. The predicted molar refractivity (Wildman–Crippen MR) is 137 cm³/mol. The maximum atomic E-state index is 13.3. The van der Waals surface area contributed by atoms with E-state index in [-0.39, 0.29) is 17.0 Å². The molecule has 1 unspecified atom stereocenters. The van der Waals surface area contributed by atoms with E-state index in [2.05, 4.69) is 10.0 Å². The second kappa shape index (κ2) is 12.1. The molecule has 0 bridgehead atoms. The van der Waals surface area contributed by atoms with Gasteiger partial charge in [-0.05, 0) is 42.0 Å². The Hall–Kier alpha value is -4.29. The molecule has 3 rings (SSSR count). The first-order valence-electron chi connectivity index (χ1n) is 11.1. The molecule has 0 aromatic heterocycles. The van der Waals surface area contributed by atoms with Gasteiger partial charge in [0.15, 0.2) is 0 Å². The molecule has 0 saturated carbocycles. The number of nitrogens with one attached hydrogen (secondary N) is 2. The van der Waals surface area contributed by atoms with Gasteiger partial charge in [0.05, 0.1) is 23.5 Å². The molecule has 0 aliphatic carbocycles. The summed E-state index contributed by atoms with van der Waals surface area (Å²) in [5.74, 6) is -0.498. The van der Waals surface area contributed by atoms with E-state index in [1.807, 2.05) is 30.3 Å². The first-order valence-corrected chi connectivity index (χ1v) is 12.6. The lowest BCUT2D eigenvalue weighted by atomic mass is 10.0. The van der Waals surface area contributed by atoms with E-state index in [0.717, 1.165) is 29.8 Å². The Bertz CT molecular complexity index is 1350. The number of ether oxygens (including phenoxy) is 1. The van der Waals surface area contributed by atoms with Gasteiger partial charge >= 0.3 is 0 Å². The van der Waals surface area contributed by atoms with Gasteiger partial charge in [0.2, 0.25) is 21.8 Å². The quantitative estimate of drug-likeness (QED) is 0.288. The van der Waals surface area contributed by atoms with Crippen LogP contribution in [-0.4, -0.2) is 51.9 Å². The summed E-state index contributed by atoms with van der Waals surface area (Å²) in [7, 11) is -1.01. The lowest BCUT2D eigenvalue weighted by Gasteiger charge is -2.25. The largest absolute Gasteiger partial charge is 0.497 e. The molecule has 0 radical (unpaired) electrons. The first-order chi connectivity index (χ1) is 17.6. The summed E-state index contributed by atoms with van der Waals surface area (Å²) in [6.07, 6.45) is 0.182. The smallest absolute Gasteiger partial charge is 0.269 e. The number of nitro groups is 1. The Morgan fingerprint density at radius 3 is 2.19 bits per heavy atom. The number of hydrogen-bond donors (Lipinski definition) is 2. The van der Waals surface area contributed by atoms with Crippen LogP contribution in [0.5, 0.6) is 5.75 Å². The van der Waals surface area contributed by atoms with Crippen molar-refractivity contribution >= 4 is 33.2 Å². The molecule has 0 saturated heterocycles. The fourth-order valence-electron chi connectivity index (χ4n) is 3.45. The van der Waals surface area contributed by atoms with E-state index in [1.165, 1.54) is 12.0 Å². The summed E-state index contributed by atoms with van der Waals surface area (Å²) < 4.78 is 32.4. The van der Waals surface area contributed by atoms with Gasteiger partial charge in [0.25, 0.3) is 5.69 Å². The van der Waals surface area contributed by atoms with Crippen LogP contribution in [0, 0.1) is 10.1 Å². The number of methoxy groups -OCH3 is 1. The number of likely N-dealkylation sites (N-methyl/N-ethyl adjacent to an activating group) is 1. The van der Waals surface area contributed by atoms with Crippen LogP contribution in [0.2, 0.25) is 0 Å². The maximum Gasteiger partial charge on any atom is 0.269 e. The molecule has 37 heavy (non-hydrogen) atoms. The number of carbonyl (C=O) groups is 2. The third-order valence-corrected chi connectivity index (χ3v) is 6.90. The fraction of sp³-hybridized carbons (Fsp3) is 0.200. The van der Waals surface area contributed by atoms with E-state index >= 15 is 0 Å². The number of non-ortho nitro benzene ring substituents is 1. The Labute approximate surface area is 214 Å². The van der Waals surface area contributed by atoms with Gasteiger partial charge in [-0.1, -0.05) is 30.3 Å². The molecule has 2 amide bonds. The maximum absolute atomic E-state index is 13.3. The Morgan fingerprint density at radius 1 is 1.00 bits per heavy atom. The summed E-state index contributed by atoms with van der Waals surface area (Å²) in [6, 6.07) is 19.2. The van der Waals surface area contributed by atoms with Gasteiger partial charge in [0, 0.05) is 31.3 Å². The molecule has 0 aliphatic rings. The number of rotatable bonds is 11. The number of amides is 2. The highest BCUT2D eigenvalue weighted by Crippen LogP contribution is 2.20. The van der Waals surface area contributed by atoms with Gasteiger partial charge in [-0.3, -0.25) is 19.7 Å². The van der Waals surface area contributed by atoms with Crippen LogP contribution in [0.15, 0.2) is 83.8 Å². The number of hydrogen-bond acceptors (Lipinski definition) is 7. The van der Waals surface area contributed by atoms with E-state index < -0.39 is 39.3 Å². The molecule has 0 fully saturated rings. The van der Waals surface area contributed by atoms with Gasteiger partial charge in [-0.25, -0.2) is 13.1 Å². The third-order valence-electron chi connectivity index (χ3n) is 5.49. The third kappa shape index (κ3) is 7.35. The number of nitrogens with zero attached hydrogens (tertiary/aromatic N) is 2. The van der Waals surface area contributed by atoms with Crippen LogP contribution in [-0.2, 0) is 26.0 Å². The minimum absolute atomic E-state index is 0.182. The Balaban J connectivity index is 1.72. The molecule has 12 heteroatoms. The molecule has 2 N–H and O–H groups in total. The van der Waals surface area contributed by atoms with E-state index in [1.54, 1.807) is 31.3 Å². The van der Waals surface area contributed by atoms with Crippen LogP contribution in [0.1, 0.15) is 5.56 Å². The molecule has 0 spiro atoms. The summed E-state index contributed by atoms with van der Waals surface area (Å²) in [6.45, 7) is -0.635. The van der Waals surface area contributed by atoms with E-state index in [9.17, 15) is 28.1 Å². The van der Waals surface area contributed by atoms with Gasteiger partial charge in [0.1, 0.15) is 11.8 Å². The van der Waals surface area contributed by atoms with Crippen LogP contribution < -0.4 is 19.7 Å². The van der Waals surface area contributed by atoms with Crippen molar-refractivity contribution in [1.29, 1.82) is 0 Å². The Kier molecular flexibility index (Phi) is 8.93. The monoisotopic (exact) mass is 526 g/mol. The lowest BCUT2D eigenvalue weighted by Crippen LogP contribution is -2.51. The molecule has 0 aliphatic heterocycles. The topological polar surface area (TPSA) is 148 Å². The van der Waals surface area contributed by atoms with E-state index in [4.69, 9.17) is 4.74 Å². The zero-order valence-corrected chi connectivity index (χ0v) is 21.0. The first kappa shape index (κ1) is 27.3. The molecule has 3 aromatic rings. The van der Waals surface area contributed by atoms with Crippen molar-refractivity contribution in [1.82, 2.24) is 10.0 Å². The van der Waals surface area contributed by atoms with Gasteiger partial charge in [-0.15, -0.1) is 0 Å². The summed E-state index contributed by atoms with van der Waals surface area (Å²) in [4.78, 5) is 37.3. The van der Waals surface area contributed by atoms with Crippen molar-refractivity contribution in [2.45, 2.75) is 17.4 Å². The average molecular weight is 527 g/mol. The lowest BCUT2D eigenvalue weighted by molar-refractivity contribution is -0.384. The molecular formula is C25H26N4O7S. The van der Waals surface area contributed by atoms with Crippen LogP contribution in [0.3, 0.4) is 0 Å². The van der Waals surface area contributed by atoms with Crippen molar-refractivity contribution in [3.8, 4) is 5.75 Å². The van der Waals surface area contributed by atoms with Crippen molar-refractivity contribution in [2.24, 2.45) is 0 Å². The minimum atomic E-state index is -4.12. The second-order valence-corrected chi connectivity index (χ2v) is 9.75. The zero-order chi connectivity index (χ0) is 27.0. The fourth-order valence-corrected chi connectivity index (χ4v) is 4.44. The van der Waals surface area contributed by atoms with Crippen LogP contribution >= 0.6 is 0 Å². The zero-order valence-electron chi connectivity index (χ0n) is 20.2. The summed E-state index contributed by atoms with van der Waals surface area (Å²) >= 11 is 0. The minimum Gasteiger partial charge on any atom is -0.497 e. The molecule has 194 valence electrons. The molecule has 3 aromatic carbocycles. The van der Waals surface area contributed by atoms with Crippen molar-refractivity contribution in [3.05, 3.63) is 94.5 Å². The molecule has 0 heterocycles. The standard InChI is InChI=1S/C25H26N4O7S/c1-28(19-8-12-21(36-2)13-9-19)25(31)23(16-18-6-4-3-5-7-18)27-24(30)17-26-37(34,35)22-14-10-20(11-15-22)29(32)33/h3-15,23,26H,16-17H2,1-2H3,(H,27,30). The van der Waals surface area contributed by atoms with Crippen molar-refractivity contribution in [2.75, 3.05) is 25.6 Å². The van der Waals surface area contributed by atoms with Crippen molar-refractivity contribution < 1.29 is 27.7 Å². The number of carbonyl (C=O) groups excluding carboxylic acids is 2. The average Bonchev–Trinajstić information content (AvgIpc) is 2.91. The number of nitro benzene ring substituents is 1. The number of sulfonamides is 1. The van der Waals surface area contributed by atoms with Gasteiger partial charge < -0.3 is 15.0 Å². The normalized spacial score (nSPS) is 11.8. The highest BCUT2D eigenvalue weighted by Gasteiger charge is 2.26. The van der Waals surface area contributed by atoms with Gasteiger partial charge in [-0.2, -0.15) is 0 Å². The second-order valence-electron chi connectivity index (χ2n) is 7.98. The Morgan fingerprint density at radius 2 is 1.62 bits per heavy atom. The van der Waals surface area contributed by atoms with Crippen LogP contribution in [0.4, 0.5) is 11.4 Å². The number of benzene rings is 3. The molecule has 11 nitrogen and oxygen atoms in total. The highest BCUT2D eigenvalue weighted by atomic mass is 32.2. The predicted octanol–water partition coefficient (Wildman–Crippen LogP) is 2.27. The van der Waals surface area contributed by atoms with Crippen molar-refractivity contribution in [3.63, 3.8) is 0 Å². The summed E-state index contributed by atoms with van der Waals surface area (Å²) in [5, 5.41) is 13.4. The molecule has 1 atom stereocenters. The van der Waals surface area contributed by atoms with E-state index in [0.29, 0.717) is 11.4 Å². The highest BCUT2D eigenvalue weighted by molar-refractivity contribution is 7.89. The molecular weight excluding hydrogens is 500 g/mol. The SMILES string of the molecule is COc1ccc(N(C)C(=O)C(Cc2ccccc2)NC(=O)CNS(=O)(=O)c2ccc([N+](=O)[O-])cc2)cc1. The summed E-state index contributed by atoms with van der Waals surface area (Å²) in [5.41, 5.74) is 1.12. The van der Waals surface area contributed by atoms with Crippen LogP contribution in [0.25, 0.3) is 0 Å².